The fourth-order valence-electron chi connectivity index (χ4n) is 1.29. The van der Waals surface area contributed by atoms with Crippen LogP contribution in [0.25, 0.3) is 0 Å². The minimum Gasteiger partial charge on any atom is -0.489 e. The summed E-state index contributed by atoms with van der Waals surface area (Å²) in [6.07, 6.45) is 0.149. The van der Waals surface area contributed by atoms with E-state index in [0.29, 0.717) is 17.2 Å². The van der Waals surface area contributed by atoms with Crippen molar-refractivity contribution >= 4 is 17.4 Å². The minimum absolute atomic E-state index is 0.135. The number of ether oxygens (including phenoxy) is 1. The zero-order valence-electron chi connectivity index (χ0n) is 9.27. The highest BCUT2D eigenvalue weighted by atomic mass is 35.5. The second-order valence-electron chi connectivity index (χ2n) is 3.66. The van der Waals surface area contributed by atoms with Crippen LogP contribution in [0.5, 0.6) is 5.75 Å². The van der Waals surface area contributed by atoms with Crippen LogP contribution in [0.3, 0.4) is 0 Å². The number of rotatable bonds is 4. The van der Waals surface area contributed by atoms with Gasteiger partial charge in [0.25, 0.3) is 0 Å². The molecule has 88 valence electrons. The van der Waals surface area contributed by atoms with Gasteiger partial charge in [0.15, 0.2) is 0 Å². The molecule has 1 rings (SSSR count). The van der Waals surface area contributed by atoms with Crippen molar-refractivity contribution < 1.29 is 9.94 Å². The molecule has 0 aliphatic rings. The summed E-state index contributed by atoms with van der Waals surface area (Å²) in [6.45, 7) is 3.79. The number of amidine groups is 1. The second-order valence-corrected chi connectivity index (χ2v) is 4.07. The quantitative estimate of drug-likeness (QED) is 0.369. The first-order chi connectivity index (χ1) is 7.52. The number of nitrogens with two attached hydrogens (primary N) is 1. The van der Waals surface area contributed by atoms with Gasteiger partial charge in [-0.15, -0.1) is 0 Å². The highest BCUT2D eigenvalue weighted by Crippen LogP contribution is 2.26. The molecule has 0 saturated heterocycles. The monoisotopic (exact) mass is 242 g/mol. The fourth-order valence-corrected chi connectivity index (χ4v) is 1.46. The summed E-state index contributed by atoms with van der Waals surface area (Å²) >= 11 is 5.97. The molecule has 3 N–H and O–H groups in total. The van der Waals surface area contributed by atoms with Crippen LogP contribution in [0.2, 0.25) is 5.02 Å². The Morgan fingerprint density at radius 1 is 1.62 bits per heavy atom. The molecule has 0 saturated carbocycles. The van der Waals surface area contributed by atoms with Crippen LogP contribution in [0.1, 0.15) is 18.9 Å². The normalized spacial score (nSPS) is 13.6. The van der Waals surface area contributed by atoms with Crippen LogP contribution < -0.4 is 10.5 Å². The van der Waals surface area contributed by atoms with Crippen LogP contribution in [-0.2, 0) is 0 Å². The number of nitrogens with zero attached hydrogens (tertiary/aromatic N) is 1. The Bertz CT molecular complexity index is 394. The third-order valence-corrected chi connectivity index (χ3v) is 2.35. The maximum Gasteiger partial charge on any atom is 0.142 e. The van der Waals surface area contributed by atoms with Gasteiger partial charge in [-0.05, 0) is 31.5 Å². The smallest absolute Gasteiger partial charge is 0.142 e. The third kappa shape index (κ3) is 3.62. The summed E-state index contributed by atoms with van der Waals surface area (Å²) in [6, 6.07) is 5.54. The first-order valence-corrected chi connectivity index (χ1v) is 5.30. The van der Waals surface area contributed by atoms with Gasteiger partial charge in [-0.3, -0.25) is 0 Å². The van der Waals surface area contributed by atoms with Gasteiger partial charge >= 0.3 is 0 Å². The number of benzene rings is 1. The summed E-state index contributed by atoms with van der Waals surface area (Å²) in [5.41, 5.74) is 6.45. The molecule has 0 fully saturated rings. The van der Waals surface area contributed by atoms with Gasteiger partial charge in [0, 0.05) is 6.42 Å². The van der Waals surface area contributed by atoms with Crippen molar-refractivity contribution in [2.75, 3.05) is 0 Å². The summed E-state index contributed by atoms with van der Waals surface area (Å²) in [4.78, 5) is 0. The van der Waals surface area contributed by atoms with E-state index >= 15 is 0 Å². The Kier molecular flexibility index (Phi) is 4.43. The van der Waals surface area contributed by atoms with Gasteiger partial charge in [-0.1, -0.05) is 22.8 Å². The van der Waals surface area contributed by atoms with Crippen molar-refractivity contribution in [2.24, 2.45) is 10.9 Å². The fraction of sp³-hybridized carbons (Fsp3) is 0.364. The van der Waals surface area contributed by atoms with Gasteiger partial charge in [-0.25, -0.2) is 0 Å². The largest absolute Gasteiger partial charge is 0.489 e. The molecule has 0 aliphatic carbocycles. The van der Waals surface area contributed by atoms with Crippen molar-refractivity contribution in [1.29, 1.82) is 0 Å². The lowest BCUT2D eigenvalue weighted by molar-refractivity contribution is 0.226. The number of hydrogen-bond donors (Lipinski definition) is 2. The number of hydrogen-bond acceptors (Lipinski definition) is 3. The van der Waals surface area contributed by atoms with Crippen LogP contribution in [-0.4, -0.2) is 17.1 Å². The molecular weight excluding hydrogens is 228 g/mol. The molecule has 1 atom stereocenters. The average molecular weight is 243 g/mol. The van der Waals surface area contributed by atoms with Crippen molar-refractivity contribution in [3.63, 3.8) is 0 Å². The number of oxime groups is 1. The molecule has 1 aromatic carbocycles. The van der Waals surface area contributed by atoms with Crippen molar-refractivity contribution in [3.8, 4) is 5.75 Å². The van der Waals surface area contributed by atoms with E-state index in [2.05, 4.69) is 5.16 Å². The average Bonchev–Trinajstić information content (AvgIpc) is 2.23. The van der Waals surface area contributed by atoms with E-state index in [1.54, 1.807) is 6.07 Å². The predicted molar refractivity (Wildman–Crippen MR) is 64.3 cm³/mol. The second kappa shape index (κ2) is 5.61. The van der Waals surface area contributed by atoms with E-state index < -0.39 is 0 Å². The first-order valence-electron chi connectivity index (χ1n) is 4.92. The lowest BCUT2D eigenvalue weighted by atomic mass is 10.2. The summed E-state index contributed by atoms with van der Waals surface area (Å²) in [7, 11) is 0. The maximum absolute atomic E-state index is 8.43. The molecule has 16 heavy (non-hydrogen) atoms. The molecule has 0 heterocycles. The van der Waals surface area contributed by atoms with Crippen LogP contribution >= 0.6 is 11.6 Å². The van der Waals surface area contributed by atoms with E-state index in [1.807, 2.05) is 26.0 Å². The summed E-state index contributed by atoms with van der Waals surface area (Å²) < 4.78 is 5.59. The standard InChI is InChI=1S/C11H15ClN2O2/c1-7-3-4-9(12)10(5-7)16-8(2)6-11(13)14-15/h3-5,8,15H,6H2,1-2H3,(H2,13,14). The molecule has 5 heteroatoms. The van der Waals surface area contributed by atoms with E-state index in [0.717, 1.165) is 5.56 Å². The van der Waals surface area contributed by atoms with E-state index in [-0.39, 0.29) is 11.9 Å². The Labute approximate surface area is 99.7 Å². The third-order valence-electron chi connectivity index (χ3n) is 2.04. The molecular formula is C11H15ClN2O2. The Hall–Kier alpha value is -1.42. The SMILES string of the molecule is Cc1ccc(Cl)c(OC(C)CC(N)=NO)c1. The highest BCUT2D eigenvalue weighted by molar-refractivity contribution is 6.32. The molecule has 0 radical (unpaired) electrons. The molecule has 4 nitrogen and oxygen atoms in total. The summed E-state index contributed by atoms with van der Waals surface area (Å²) in [5.74, 6) is 0.746. The zero-order valence-corrected chi connectivity index (χ0v) is 10.0. The van der Waals surface area contributed by atoms with Crippen LogP contribution in [0, 0.1) is 6.92 Å². The van der Waals surface area contributed by atoms with Gasteiger partial charge in [0.1, 0.15) is 17.7 Å². The molecule has 0 spiro atoms. The van der Waals surface area contributed by atoms with Crippen molar-refractivity contribution in [2.45, 2.75) is 26.4 Å². The lowest BCUT2D eigenvalue weighted by Gasteiger charge is -2.15. The highest BCUT2D eigenvalue weighted by Gasteiger charge is 2.09. The van der Waals surface area contributed by atoms with E-state index in [4.69, 9.17) is 27.3 Å². The first kappa shape index (κ1) is 12.6. The van der Waals surface area contributed by atoms with Crippen LogP contribution in [0.15, 0.2) is 23.4 Å². The Balaban J connectivity index is 2.69. The minimum atomic E-state index is -0.199. The molecule has 0 aromatic heterocycles. The molecule has 0 amide bonds. The molecule has 1 aromatic rings. The molecule has 1 unspecified atom stereocenters. The van der Waals surface area contributed by atoms with Crippen molar-refractivity contribution in [3.05, 3.63) is 28.8 Å². The predicted octanol–water partition coefficient (Wildman–Crippen LogP) is 2.55. The Morgan fingerprint density at radius 3 is 2.94 bits per heavy atom. The zero-order chi connectivity index (χ0) is 12.1. The van der Waals surface area contributed by atoms with Gasteiger partial charge in [-0.2, -0.15) is 0 Å². The van der Waals surface area contributed by atoms with Crippen molar-refractivity contribution in [1.82, 2.24) is 0 Å². The van der Waals surface area contributed by atoms with Gasteiger partial charge in [0.05, 0.1) is 5.02 Å². The maximum atomic E-state index is 8.43. The van der Waals surface area contributed by atoms with Gasteiger partial charge in [0.2, 0.25) is 0 Å². The molecule has 0 aliphatic heterocycles. The number of aryl methyl sites for hydroxylation is 1. The van der Waals surface area contributed by atoms with E-state index in [9.17, 15) is 0 Å². The van der Waals surface area contributed by atoms with E-state index in [1.165, 1.54) is 0 Å². The lowest BCUT2D eigenvalue weighted by Crippen LogP contribution is -2.22. The molecule has 0 bridgehead atoms. The number of halogens is 1. The Morgan fingerprint density at radius 2 is 2.31 bits per heavy atom. The van der Waals surface area contributed by atoms with Gasteiger partial charge < -0.3 is 15.7 Å². The van der Waals surface area contributed by atoms with Crippen LogP contribution in [0.4, 0.5) is 0 Å². The topological polar surface area (TPSA) is 67.8 Å². The summed E-state index contributed by atoms with van der Waals surface area (Å²) in [5, 5.41) is 11.9.